The van der Waals surface area contributed by atoms with Gasteiger partial charge in [-0.05, 0) is 44.6 Å². The van der Waals surface area contributed by atoms with Crippen LogP contribution < -0.4 is 0 Å². The molecule has 1 heterocycles. The summed E-state index contributed by atoms with van der Waals surface area (Å²) in [4.78, 5) is 8.30. The predicted molar refractivity (Wildman–Crippen MR) is 72.0 cm³/mol. The van der Waals surface area contributed by atoms with Crippen LogP contribution >= 0.6 is 0 Å². The predicted octanol–water partition coefficient (Wildman–Crippen LogP) is 2.93. The molecule has 0 radical (unpaired) electrons. The molecule has 0 spiro atoms. The lowest BCUT2D eigenvalue weighted by molar-refractivity contribution is 0.0211. The van der Waals surface area contributed by atoms with Gasteiger partial charge in [0.2, 0.25) is 0 Å². The number of nitriles is 1. The smallest absolute Gasteiger partial charge is 0.125 e. The van der Waals surface area contributed by atoms with Crippen LogP contribution in [0.3, 0.4) is 0 Å². The minimum atomic E-state index is -0.808. The summed E-state index contributed by atoms with van der Waals surface area (Å²) in [5.41, 5.74) is -0.101. The van der Waals surface area contributed by atoms with Crippen molar-refractivity contribution in [3.63, 3.8) is 0 Å². The Balaban J connectivity index is 2.21. The van der Waals surface area contributed by atoms with Gasteiger partial charge < -0.3 is 5.11 Å². The molecule has 1 unspecified atom stereocenters. The van der Waals surface area contributed by atoms with Gasteiger partial charge in [0.15, 0.2) is 0 Å². The Bertz CT molecular complexity index is 473. The number of aromatic nitrogens is 2. The fourth-order valence-corrected chi connectivity index (χ4v) is 2.96. The Morgan fingerprint density at radius 1 is 1.53 bits per heavy atom. The molecule has 0 bridgehead atoms. The number of aliphatic hydroxyl groups is 1. The van der Waals surface area contributed by atoms with E-state index in [0.29, 0.717) is 17.4 Å². The number of hydrogen-bond acceptors (Lipinski definition) is 4. The van der Waals surface area contributed by atoms with E-state index in [9.17, 15) is 10.4 Å². The maximum absolute atomic E-state index is 10.6. The molecule has 1 saturated carbocycles. The second-order valence-corrected chi connectivity index (χ2v) is 5.55. The van der Waals surface area contributed by atoms with Crippen LogP contribution in [0.4, 0.5) is 0 Å². The second-order valence-electron chi connectivity index (χ2n) is 5.55. The van der Waals surface area contributed by atoms with Gasteiger partial charge in [-0.1, -0.05) is 13.3 Å². The van der Waals surface area contributed by atoms with Crippen molar-refractivity contribution in [2.45, 2.75) is 52.1 Å². The molecular formula is C15H21N3O. The van der Waals surface area contributed by atoms with Crippen LogP contribution in [0.5, 0.6) is 0 Å². The minimum Gasteiger partial charge on any atom is -0.385 e. The van der Waals surface area contributed by atoms with E-state index in [0.717, 1.165) is 32.1 Å². The first-order chi connectivity index (χ1) is 9.11. The topological polar surface area (TPSA) is 69.8 Å². The summed E-state index contributed by atoms with van der Waals surface area (Å²) in [6.45, 7) is 3.98. The van der Waals surface area contributed by atoms with E-state index >= 15 is 0 Å². The maximum atomic E-state index is 10.6. The van der Waals surface area contributed by atoms with Crippen molar-refractivity contribution in [2.75, 3.05) is 0 Å². The van der Waals surface area contributed by atoms with Crippen molar-refractivity contribution in [3.05, 3.63) is 23.8 Å². The molecule has 0 saturated heterocycles. The number of hydrogen-bond donors (Lipinski definition) is 1. The van der Waals surface area contributed by atoms with Gasteiger partial charge in [0.25, 0.3) is 0 Å². The number of rotatable bonds is 3. The maximum Gasteiger partial charge on any atom is 0.125 e. The Labute approximate surface area is 114 Å². The molecule has 2 rings (SSSR count). The average molecular weight is 259 g/mol. The Kier molecular flexibility index (Phi) is 4.16. The molecular weight excluding hydrogens is 238 g/mol. The van der Waals surface area contributed by atoms with E-state index in [-0.39, 0.29) is 0 Å². The highest BCUT2D eigenvalue weighted by Gasteiger charge is 2.42. The molecule has 19 heavy (non-hydrogen) atoms. The van der Waals surface area contributed by atoms with Gasteiger partial charge in [0, 0.05) is 6.20 Å². The fraction of sp³-hybridized carbons (Fsp3) is 0.667. The zero-order valence-electron chi connectivity index (χ0n) is 11.6. The van der Waals surface area contributed by atoms with E-state index in [1.54, 1.807) is 19.2 Å². The second kappa shape index (κ2) is 5.66. The van der Waals surface area contributed by atoms with Crippen molar-refractivity contribution >= 4 is 0 Å². The van der Waals surface area contributed by atoms with Gasteiger partial charge in [0.05, 0.1) is 17.2 Å². The molecule has 1 aromatic heterocycles. The fourth-order valence-electron chi connectivity index (χ4n) is 2.96. The zero-order chi connectivity index (χ0) is 13.9. The lowest BCUT2D eigenvalue weighted by atomic mass is 9.67. The van der Waals surface area contributed by atoms with Gasteiger partial charge in [0.1, 0.15) is 11.9 Å². The first-order valence-electron chi connectivity index (χ1n) is 7.00. The Morgan fingerprint density at radius 3 is 2.74 bits per heavy atom. The monoisotopic (exact) mass is 259 g/mol. The number of nitrogens with zero attached hydrogens (tertiary/aromatic N) is 3. The minimum absolute atomic E-state index is 0.573. The van der Waals surface area contributed by atoms with E-state index in [1.165, 1.54) is 0 Å². The Hall–Kier alpha value is -1.47. The quantitative estimate of drug-likeness (QED) is 0.906. The van der Waals surface area contributed by atoms with Gasteiger partial charge in [-0.3, -0.25) is 0 Å². The van der Waals surface area contributed by atoms with Crippen molar-refractivity contribution in [1.29, 1.82) is 5.26 Å². The van der Waals surface area contributed by atoms with Crippen molar-refractivity contribution in [3.8, 4) is 6.07 Å². The summed E-state index contributed by atoms with van der Waals surface area (Å²) in [5, 5.41) is 20.1. The third kappa shape index (κ3) is 2.76. The molecule has 1 aliphatic rings. The molecule has 0 aliphatic heterocycles. The summed E-state index contributed by atoms with van der Waals surface area (Å²) >= 11 is 0. The van der Waals surface area contributed by atoms with Gasteiger partial charge in [-0.25, -0.2) is 9.97 Å². The van der Waals surface area contributed by atoms with Crippen molar-refractivity contribution < 1.29 is 5.11 Å². The van der Waals surface area contributed by atoms with Crippen LogP contribution in [0.25, 0.3) is 0 Å². The highest BCUT2D eigenvalue weighted by Crippen LogP contribution is 2.47. The molecule has 0 aromatic carbocycles. The van der Waals surface area contributed by atoms with E-state index in [4.69, 9.17) is 0 Å². The lowest BCUT2D eigenvalue weighted by Gasteiger charge is -2.37. The largest absolute Gasteiger partial charge is 0.385 e. The molecule has 1 aliphatic carbocycles. The standard InChI is InChI=1S/C15H21N3O/c1-3-12-4-7-15(10-16,8-5-12)14(19)13-6-9-17-11(2)18-13/h6,9,12,14,19H,3-5,7-8H2,1-2H3. The molecule has 4 nitrogen and oxygen atoms in total. The lowest BCUT2D eigenvalue weighted by Crippen LogP contribution is -2.33. The SMILES string of the molecule is CCC1CCC(C#N)(C(O)c2ccnc(C)n2)CC1. The summed E-state index contributed by atoms with van der Waals surface area (Å²) < 4.78 is 0. The van der Waals surface area contributed by atoms with Crippen LogP contribution in [-0.4, -0.2) is 15.1 Å². The van der Waals surface area contributed by atoms with Gasteiger partial charge in [-0.15, -0.1) is 0 Å². The van der Waals surface area contributed by atoms with Crippen LogP contribution in [0.1, 0.15) is 56.7 Å². The first-order valence-corrected chi connectivity index (χ1v) is 7.00. The zero-order valence-corrected chi connectivity index (χ0v) is 11.6. The summed E-state index contributed by atoms with van der Waals surface area (Å²) in [6.07, 6.45) is 5.54. The summed E-state index contributed by atoms with van der Waals surface area (Å²) in [6, 6.07) is 4.08. The van der Waals surface area contributed by atoms with Crippen LogP contribution in [0, 0.1) is 29.6 Å². The number of aryl methyl sites for hydroxylation is 1. The van der Waals surface area contributed by atoms with Crippen LogP contribution in [0.2, 0.25) is 0 Å². The molecule has 1 N–H and O–H groups in total. The molecule has 1 aromatic rings. The van der Waals surface area contributed by atoms with E-state index in [1.807, 2.05) is 0 Å². The molecule has 1 fully saturated rings. The molecule has 102 valence electrons. The van der Waals surface area contributed by atoms with E-state index < -0.39 is 11.5 Å². The molecule has 1 atom stereocenters. The summed E-state index contributed by atoms with van der Waals surface area (Å²) in [5.74, 6) is 1.33. The first kappa shape index (κ1) is 14.0. The third-order valence-electron chi connectivity index (χ3n) is 4.40. The van der Waals surface area contributed by atoms with Crippen LogP contribution in [-0.2, 0) is 0 Å². The van der Waals surface area contributed by atoms with Crippen LogP contribution in [0.15, 0.2) is 12.3 Å². The van der Waals surface area contributed by atoms with Crippen molar-refractivity contribution in [2.24, 2.45) is 11.3 Å². The summed E-state index contributed by atoms with van der Waals surface area (Å²) in [7, 11) is 0. The van der Waals surface area contributed by atoms with Crippen molar-refractivity contribution in [1.82, 2.24) is 9.97 Å². The molecule has 4 heteroatoms. The Morgan fingerprint density at radius 2 is 2.21 bits per heavy atom. The average Bonchev–Trinajstić information content (AvgIpc) is 2.46. The highest BCUT2D eigenvalue weighted by molar-refractivity contribution is 5.16. The van der Waals surface area contributed by atoms with E-state index in [2.05, 4.69) is 23.0 Å². The number of aliphatic hydroxyl groups excluding tert-OH is 1. The molecule has 0 amide bonds. The van der Waals surface area contributed by atoms with Gasteiger partial charge >= 0.3 is 0 Å². The third-order valence-corrected chi connectivity index (χ3v) is 4.40. The normalized spacial score (nSPS) is 28.6. The highest BCUT2D eigenvalue weighted by atomic mass is 16.3. The van der Waals surface area contributed by atoms with Gasteiger partial charge in [-0.2, -0.15) is 5.26 Å².